The van der Waals surface area contributed by atoms with Gasteiger partial charge in [0.15, 0.2) is 0 Å². The minimum Gasteiger partial charge on any atom is -0.321 e. The molecular weight excluding hydrogens is 300 g/mol. The molecule has 2 heterocycles. The average molecular weight is 320 g/mol. The Labute approximate surface area is 140 Å². The summed E-state index contributed by atoms with van der Waals surface area (Å²) in [5.41, 5.74) is 2.54. The number of carbonyl (C=O) groups is 1. The summed E-state index contributed by atoms with van der Waals surface area (Å²) in [6.45, 7) is 2.05. The molecule has 5 heteroatoms. The Balaban J connectivity index is 1.65. The predicted molar refractivity (Wildman–Crippen MR) is 95.3 cm³/mol. The SMILES string of the molecule is O=C(Nc1cccc2c1cnn2C1CCNCC1)c1ccccc1. The molecular formula is C19H20N4O. The topological polar surface area (TPSA) is 59.0 Å². The zero-order valence-corrected chi connectivity index (χ0v) is 13.4. The lowest BCUT2D eigenvalue weighted by Crippen LogP contribution is -2.29. The van der Waals surface area contributed by atoms with Gasteiger partial charge in [-0.25, -0.2) is 0 Å². The summed E-state index contributed by atoms with van der Waals surface area (Å²) in [5, 5.41) is 12.0. The third kappa shape index (κ3) is 2.78. The summed E-state index contributed by atoms with van der Waals surface area (Å²) in [7, 11) is 0. The highest BCUT2D eigenvalue weighted by molar-refractivity contribution is 6.08. The summed E-state index contributed by atoms with van der Waals surface area (Å²) in [6.07, 6.45) is 4.02. The summed E-state index contributed by atoms with van der Waals surface area (Å²) >= 11 is 0. The van der Waals surface area contributed by atoms with Gasteiger partial charge in [0.2, 0.25) is 0 Å². The van der Waals surface area contributed by atoms with Gasteiger partial charge in [-0.1, -0.05) is 24.3 Å². The first-order valence-corrected chi connectivity index (χ1v) is 8.36. The van der Waals surface area contributed by atoms with Crippen molar-refractivity contribution in [2.24, 2.45) is 0 Å². The largest absolute Gasteiger partial charge is 0.321 e. The van der Waals surface area contributed by atoms with Crippen LogP contribution in [-0.4, -0.2) is 28.8 Å². The van der Waals surface area contributed by atoms with Gasteiger partial charge in [-0.15, -0.1) is 0 Å². The van der Waals surface area contributed by atoms with Crippen molar-refractivity contribution in [1.82, 2.24) is 15.1 Å². The van der Waals surface area contributed by atoms with E-state index in [1.165, 1.54) is 0 Å². The highest BCUT2D eigenvalue weighted by Crippen LogP contribution is 2.28. The first kappa shape index (κ1) is 14.9. The van der Waals surface area contributed by atoms with Crippen molar-refractivity contribution in [2.75, 3.05) is 18.4 Å². The number of carbonyl (C=O) groups excluding carboxylic acids is 1. The van der Waals surface area contributed by atoms with Crippen molar-refractivity contribution < 1.29 is 4.79 Å². The Morgan fingerprint density at radius 2 is 1.88 bits per heavy atom. The molecule has 0 unspecified atom stereocenters. The molecule has 4 rings (SSSR count). The number of anilines is 1. The van der Waals surface area contributed by atoms with Crippen LogP contribution in [-0.2, 0) is 0 Å². The molecule has 0 aliphatic carbocycles. The number of hydrogen-bond donors (Lipinski definition) is 2. The third-order valence-electron chi connectivity index (χ3n) is 4.58. The van der Waals surface area contributed by atoms with E-state index in [9.17, 15) is 4.79 Å². The minimum absolute atomic E-state index is 0.0993. The van der Waals surface area contributed by atoms with Crippen molar-refractivity contribution in [3.8, 4) is 0 Å². The fourth-order valence-electron chi connectivity index (χ4n) is 3.31. The fourth-order valence-corrected chi connectivity index (χ4v) is 3.31. The lowest BCUT2D eigenvalue weighted by molar-refractivity contribution is 0.102. The molecule has 0 saturated carbocycles. The number of rotatable bonds is 3. The molecule has 0 spiro atoms. The second-order valence-electron chi connectivity index (χ2n) is 6.13. The Bertz CT molecular complexity index is 850. The number of nitrogens with zero attached hydrogens (tertiary/aromatic N) is 2. The number of amides is 1. The second-order valence-corrected chi connectivity index (χ2v) is 6.13. The van der Waals surface area contributed by atoms with E-state index < -0.39 is 0 Å². The monoisotopic (exact) mass is 320 g/mol. The van der Waals surface area contributed by atoms with Crippen LogP contribution in [0.4, 0.5) is 5.69 Å². The van der Waals surface area contributed by atoms with Gasteiger partial charge in [0.25, 0.3) is 5.91 Å². The van der Waals surface area contributed by atoms with E-state index in [0.717, 1.165) is 42.5 Å². The van der Waals surface area contributed by atoms with Gasteiger partial charge in [-0.2, -0.15) is 5.10 Å². The third-order valence-corrected chi connectivity index (χ3v) is 4.58. The lowest BCUT2D eigenvalue weighted by atomic mass is 10.1. The minimum atomic E-state index is -0.0993. The van der Waals surface area contributed by atoms with Gasteiger partial charge in [-0.3, -0.25) is 9.48 Å². The smallest absolute Gasteiger partial charge is 0.255 e. The maximum atomic E-state index is 12.4. The zero-order valence-electron chi connectivity index (χ0n) is 13.4. The van der Waals surface area contributed by atoms with E-state index in [4.69, 9.17) is 0 Å². The average Bonchev–Trinajstić information content (AvgIpc) is 3.08. The van der Waals surface area contributed by atoms with Gasteiger partial charge in [0.1, 0.15) is 0 Å². The van der Waals surface area contributed by atoms with Gasteiger partial charge < -0.3 is 10.6 Å². The summed E-state index contributed by atoms with van der Waals surface area (Å²) in [4.78, 5) is 12.4. The van der Waals surface area contributed by atoms with Gasteiger partial charge in [0.05, 0.1) is 23.4 Å². The molecule has 2 N–H and O–H groups in total. The Kier molecular flexibility index (Phi) is 4.01. The molecule has 1 aliphatic heterocycles. The van der Waals surface area contributed by atoms with E-state index in [0.29, 0.717) is 11.6 Å². The number of nitrogens with one attached hydrogen (secondary N) is 2. The van der Waals surface area contributed by atoms with Crippen LogP contribution in [0, 0.1) is 0 Å². The van der Waals surface area contributed by atoms with Crippen molar-refractivity contribution in [2.45, 2.75) is 18.9 Å². The van der Waals surface area contributed by atoms with Crippen molar-refractivity contribution >= 4 is 22.5 Å². The molecule has 122 valence electrons. The molecule has 1 saturated heterocycles. The number of fused-ring (bicyclic) bond motifs is 1. The zero-order chi connectivity index (χ0) is 16.4. The molecule has 24 heavy (non-hydrogen) atoms. The van der Waals surface area contributed by atoms with E-state index in [-0.39, 0.29) is 5.91 Å². The van der Waals surface area contributed by atoms with Crippen LogP contribution in [0.3, 0.4) is 0 Å². The molecule has 0 bridgehead atoms. The van der Waals surface area contributed by atoms with Crippen LogP contribution in [0.15, 0.2) is 54.7 Å². The molecule has 1 aliphatic rings. The van der Waals surface area contributed by atoms with E-state index in [1.54, 1.807) is 0 Å². The molecule has 0 atom stereocenters. The van der Waals surface area contributed by atoms with Crippen LogP contribution < -0.4 is 10.6 Å². The maximum Gasteiger partial charge on any atom is 0.255 e. The first-order valence-electron chi connectivity index (χ1n) is 8.36. The molecule has 1 amide bonds. The normalized spacial score (nSPS) is 15.5. The predicted octanol–water partition coefficient (Wildman–Crippen LogP) is 3.21. The Hall–Kier alpha value is -2.66. The number of piperidine rings is 1. The summed E-state index contributed by atoms with van der Waals surface area (Å²) in [5.74, 6) is -0.0993. The molecule has 2 aromatic carbocycles. The van der Waals surface area contributed by atoms with Crippen molar-refractivity contribution in [3.63, 3.8) is 0 Å². The summed E-state index contributed by atoms with van der Waals surface area (Å²) in [6, 6.07) is 15.7. The second kappa shape index (κ2) is 6.45. The highest BCUT2D eigenvalue weighted by Gasteiger charge is 2.19. The molecule has 1 aromatic heterocycles. The van der Waals surface area contributed by atoms with E-state index >= 15 is 0 Å². The van der Waals surface area contributed by atoms with E-state index in [2.05, 4.69) is 26.5 Å². The van der Waals surface area contributed by atoms with Crippen molar-refractivity contribution in [3.05, 3.63) is 60.3 Å². The molecule has 5 nitrogen and oxygen atoms in total. The maximum absolute atomic E-state index is 12.4. The van der Waals surface area contributed by atoms with Crippen LogP contribution in [0.25, 0.3) is 10.9 Å². The van der Waals surface area contributed by atoms with Crippen molar-refractivity contribution in [1.29, 1.82) is 0 Å². The quantitative estimate of drug-likeness (QED) is 0.779. The lowest BCUT2D eigenvalue weighted by Gasteiger charge is -2.23. The Morgan fingerprint density at radius 3 is 2.67 bits per heavy atom. The Morgan fingerprint density at radius 1 is 1.08 bits per heavy atom. The number of benzene rings is 2. The fraction of sp³-hybridized carbons (Fsp3) is 0.263. The van der Waals surface area contributed by atoms with E-state index in [1.807, 2.05) is 48.7 Å². The van der Waals surface area contributed by atoms with Crippen LogP contribution in [0.1, 0.15) is 29.2 Å². The molecule has 3 aromatic rings. The van der Waals surface area contributed by atoms with Gasteiger partial charge in [0, 0.05) is 10.9 Å². The standard InChI is InChI=1S/C19H20N4O/c24-19(14-5-2-1-3-6-14)22-17-7-4-8-18-16(17)13-21-23(18)15-9-11-20-12-10-15/h1-8,13,15,20H,9-12H2,(H,22,24). The first-order chi connectivity index (χ1) is 11.8. The molecule has 0 radical (unpaired) electrons. The van der Waals surface area contributed by atoms with Gasteiger partial charge >= 0.3 is 0 Å². The number of hydrogen-bond acceptors (Lipinski definition) is 3. The molecule has 1 fully saturated rings. The summed E-state index contributed by atoms with van der Waals surface area (Å²) < 4.78 is 2.11. The van der Waals surface area contributed by atoms with Crippen LogP contribution in [0.2, 0.25) is 0 Å². The highest BCUT2D eigenvalue weighted by atomic mass is 16.1. The number of aromatic nitrogens is 2. The van der Waals surface area contributed by atoms with Gasteiger partial charge in [-0.05, 0) is 50.2 Å². The van der Waals surface area contributed by atoms with Crippen LogP contribution >= 0.6 is 0 Å². The van der Waals surface area contributed by atoms with Crippen LogP contribution in [0.5, 0.6) is 0 Å².